The molecule has 1 rings (SSSR count). The number of hydrogen-bond donors (Lipinski definition) is 2. The molecule has 0 fully saturated rings. The molecule has 0 spiro atoms. The molecular formula is C12H23N3O2S. The van der Waals surface area contributed by atoms with Gasteiger partial charge in [0.25, 0.3) is 0 Å². The van der Waals surface area contributed by atoms with Crippen molar-refractivity contribution in [3.8, 4) is 0 Å². The maximum absolute atomic E-state index is 12.2. The van der Waals surface area contributed by atoms with E-state index in [9.17, 15) is 8.42 Å². The molecular weight excluding hydrogens is 250 g/mol. The number of H-pyrrole nitrogens is 1. The van der Waals surface area contributed by atoms with Gasteiger partial charge in [-0.1, -0.05) is 33.1 Å². The molecule has 0 aliphatic rings. The molecule has 0 radical (unpaired) electrons. The summed E-state index contributed by atoms with van der Waals surface area (Å²) in [6, 6.07) is 0.0225. The predicted molar refractivity (Wildman–Crippen MR) is 71.9 cm³/mol. The smallest absolute Gasteiger partial charge is 0.244 e. The summed E-state index contributed by atoms with van der Waals surface area (Å²) in [7, 11) is -3.44. The molecule has 0 amide bonds. The maximum Gasteiger partial charge on any atom is 0.244 e. The van der Waals surface area contributed by atoms with Crippen molar-refractivity contribution in [1.82, 2.24) is 14.9 Å². The summed E-state index contributed by atoms with van der Waals surface area (Å²) >= 11 is 0. The van der Waals surface area contributed by atoms with Crippen molar-refractivity contribution in [1.29, 1.82) is 0 Å². The van der Waals surface area contributed by atoms with Gasteiger partial charge < -0.3 is 0 Å². The normalized spacial score (nSPS) is 13.7. The van der Waals surface area contributed by atoms with Crippen LogP contribution in [0.25, 0.3) is 0 Å². The Labute approximate surface area is 109 Å². The van der Waals surface area contributed by atoms with Gasteiger partial charge in [0.1, 0.15) is 4.90 Å². The Morgan fingerprint density at radius 3 is 2.56 bits per heavy atom. The highest BCUT2D eigenvalue weighted by Gasteiger charge is 2.22. The van der Waals surface area contributed by atoms with E-state index in [-0.39, 0.29) is 10.9 Å². The molecule has 0 saturated carbocycles. The Morgan fingerprint density at radius 2 is 2.06 bits per heavy atom. The van der Waals surface area contributed by atoms with Crippen molar-refractivity contribution < 1.29 is 8.42 Å². The lowest BCUT2D eigenvalue weighted by atomic mass is 10.1. The van der Waals surface area contributed by atoms with E-state index in [2.05, 4.69) is 28.8 Å². The quantitative estimate of drug-likeness (QED) is 0.763. The molecule has 1 aromatic rings. The third-order valence-electron chi connectivity index (χ3n) is 2.94. The zero-order valence-corrected chi connectivity index (χ0v) is 12.2. The number of nitrogens with one attached hydrogen (secondary N) is 2. The molecule has 6 heteroatoms. The van der Waals surface area contributed by atoms with Gasteiger partial charge in [-0.05, 0) is 19.8 Å². The van der Waals surface area contributed by atoms with E-state index in [4.69, 9.17) is 0 Å². The van der Waals surface area contributed by atoms with Crippen molar-refractivity contribution in [2.75, 3.05) is 0 Å². The summed E-state index contributed by atoms with van der Waals surface area (Å²) in [5.41, 5.74) is 0.577. The summed E-state index contributed by atoms with van der Waals surface area (Å²) in [5.74, 6) is 0. The summed E-state index contributed by atoms with van der Waals surface area (Å²) in [5, 5.41) is 6.41. The van der Waals surface area contributed by atoms with Gasteiger partial charge in [0.15, 0.2) is 0 Å². The first-order valence-electron chi connectivity index (χ1n) is 6.53. The summed E-state index contributed by atoms with van der Waals surface area (Å²) in [6.45, 7) is 5.89. The molecule has 0 aliphatic carbocycles. The summed E-state index contributed by atoms with van der Waals surface area (Å²) < 4.78 is 27.2. The van der Waals surface area contributed by atoms with Crippen molar-refractivity contribution >= 4 is 10.0 Å². The van der Waals surface area contributed by atoms with Crippen LogP contribution in [0, 0.1) is 6.92 Å². The second-order valence-electron chi connectivity index (χ2n) is 4.61. The van der Waals surface area contributed by atoms with Gasteiger partial charge in [0.2, 0.25) is 10.0 Å². The number of aromatic amines is 1. The third-order valence-corrected chi connectivity index (χ3v) is 4.57. The van der Waals surface area contributed by atoms with Gasteiger partial charge in [0.05, 0.1) is 11.9 Å². The van der Waals surface area contributed by atoms with E-state index in [0.29, 0.717) is 5.69 Å². The highest BCUT2D eigenvalue weighted by Crippen LogP contribution is 2.15. The van der Waals surface area contributed by atoms with E-state index in [1.54, 1.807) is 6.92 Å². The van der Waals surface area contributed by atoms with E-state index in [0.717, 1.165) is 32.1 Å². The molecule has 0 aliphatic heterocycles. The molecule has 1 unspecified atom stereocenters. The predicted octanol–water partition coefficient (Wildman–Crippen LogP) is 2.36. The monoisotopic (exact) mass is 273 g/mol. The van der Waals surface area contributed by atoms with E-state index >= 15 is 0 Å². The van der Waals surface area contributed by atoms with Gasteiger partial charge in [-0.3, -0.25) is 5.10 Å². The molecule has 2 N–H and O–H groups in total. The molecule has 104 valence electrons. The van der Waals surface area contributed by atoms with Crippen molar-refractivity contribution in [2.45, 2.75) is 63.8 Å². The van der Waals surface area contributed by atoms with Crippen molar-refractivity contribution in [3.63, 3.8) is 0 Å². The lowest BCUT2D eigenvalue weighted by Gasteiger charge is -2.17. The van der Waals surface area contributed by atoms with Crippen LogP contribution in [0.5, 0.6) is 0 Å². The first kappa shape index (κ1) is 15.2. The highest BCUT2D eigenvalue weighted by molar-refractivity contribution is 7.89. The van der Waals surface area contributed by atoms with Crippen LogP contribution in [0.2, 0.25) is 0 Å². The molecule has 0 bridgehead atoms. The van der Waals surface area contributed by atoms with Gasteiger partial charge in [0, 0.05) is 6.04 Å². The van der Waals surface area contributed by atoms with Crippen LogP contribution >= 0.6 is 0 Å². The molecule has 0 aromatic carbocycles. The number of aryl methyl sites for hydroxylation is 1. The van der Waals surface area contributed by atoms with E-state index in [1.807, 2.05) is 0 Å². The van der Waals surface area contributed by atoms with Gasteiger partial charge >= 0.3 is 0 Å². The Bertz CT molecular complexity index is 454. The average molecular weight is 273 g/mol. The van der Waals surface area contributed by atoms with Crippen LogP contribution in [-0.4, -0.2) is 24.7 Å². The molecule has 18 heavy (non-hydrogen) atoms. The highest BCUT2D eigenvalue weighted by atomic mass is 32.2. The van der Waals surface area contributed by atoms with Gasteiger partial charge in [-0.15, -0.1) is 0 Å². The number of nitrogens with zero attached hydrogens (tertiary/aromatic N) is 1. The fourth-order valence-electron chi connectivity index (χ4n) is 1.95. The Morgan fingerprint density at radius 1 is 1.33 bits per heavy atom. The van der Waals surface area contributed by atoms with E-state index in [1.165, 1.54) is 6.20 Å². The second kappa shape index (κ2) is 6.89. The zero-order chi connectivity index (χ0) is 13.6. The Hall–Kier alpha value is -0.880. The van der Waals surface area contributed by atoms with Crippen molar-refractivity contribution in [2.24, 2.45) is 0 Å². The molecule has 1 atom stereocenters. The number of aromatic nitrogens is 2. The maximum atomic E-state index is 12.2. The number of rotatable bonds is 8. The SMILES string of the molecule is CCCCC(CCC)NS(=O)(=O)c1cn[nH]c1C. The largest absolute Gasteiger partial charge is 0.281 e. The standard InChI is InChI=1S/C12H23N3O2S/c1-4-6-8-11(7-5-2)15-18(16,17)12-9-13-14-10(12)3/h9,11,15H,4-8H2,1-3H3,(H,13,14). The number of hydrogen-bond acceptors (Lipinski definition) is 3. The summed E-state index contributed by atoms with van der Waals surface area (Å²) in [6.07, 6.45) is 6.21. The first-order chi connectivity index (χ1) is 8.51. The minimum atomic E-state index is -3.44. The molecule has 0 saturated heterocycles. The number of sulfonamides is 1. The fourth-order valence-corrected chi connectivity index (χ4v) is 3.40. The Kier molecular flexibility index (Phi) is 5.81. The van der Waals surface area contributed by atoms with Gasteiger partial charge in [-0.2, -0.15) is 5.10 Å². The molecule has 5 nitrogen and oxygen atoms in total. The van der Waals surface area contributed by atoms with Crippen LogP contribution in [0.15, 0.2) is 11.1 Å². The minimum Gasteiger partial charge on any atom is -0.281 e. The Balaban J connectivity index is 2.76. The average Bonchev–Trinajstić information content (AvgIpc) is 2.73. The van der Waals surface area contributed by atoms with Crippen LogP contribution in [0.3, 0.4) is 0 Å². The first-order valence-corrected chi connectivity index (χ1v) is 8.01. The van der Waals surface area contributed by atoms with Crippen LogP contribution in [-0.2, 0) is 10.0 Å². The van der Waals surface area contributed by atoms with E-state index < -0.39 is 10.0 Å². The van der Waals surface area contributed by atoms with Crippen LogP contribution in [0.4, 0.5) is 0 Å². The minimum absolute atomic E-state index is 0.0225. The molecule has 1 heterocycles. The second-order valence-corrected chi connectivity index (χ2v) is 6.29. The van der Waals surface area contributed by atoms with Crippen LogP contribution in [0.1, 0.15) is 51.6 Å². The van der Waals surface area contributed by atoms with Crippen LogP contribution < -0.4 is 4.72 Å². The zero-order valence-electron chi connectivity index (χ0n) is 11.4. The lowest BCUT2D eigenvalue weighted by molar-refractivity contribution is 0.483. The fraction of sp³-hybridized carbons (Fsp3) is 0.750. The summed E-state index contributed by atoms with van der Waals surface area (Å²) in [4.78, 5) is 0.250. The van der Waals surface area contributed by atoms with Crippen molar-refractivity contribution in [3.05, 3.63) is 11.9 Å². The lowest BCUT2D eigenvalue weighted by Crippen LogP contribution is -2.34. The van der Waals surface area contributed by atoms with Gasteiger partial charge in [-0.25, -0.2) is 13.1 Å². The molecule has 1 aromatic heterocycles. The topological polar surface area (TPSA) is 74.8 Å². The third kappa shape index (κ3) is 4.10. The number of unbranched alkanes of at least 4 members (excludes halogenated alkanes) is 1.